The lowest BCUT2D eigenvalue weighted by atomic mass is 9.81. The average Bonchev–Trinajstić information content (AvgIpc) is 1.87. The topological polar surface area (TPSA) is 21.3 Å². The van der Waals surface area contributed by atoms with Crippen LogP contribution in [0.25, 0.3) is 0 Å². The first kappa shape index (κ1) is 8.31. The van der Waals surface area contributed by atoms with Crippen molar-refractivity contribution in [3.63, 3.8) is 0 Å². The van der Waals surface area contributed by atoms with Gasteiger partial charge in [-0.15, -0.1) is 12.4 Å². The zero-order valence-corrected chi connectivity index (χ0v) is 6.88. The Morgan fingerprint density at radius 2 is 1.70 bits per heavy atom. The first-order valence-electron chi connectivity index (χ1n) is 3.74. The van der Waals surface area contributed by atoms with Crippen LogP contribution in [0, 0.1) is 0 Å². The lowest BCUT2D eigenvalue weighted by molar-refractivity contribution is 0.00983. The van der Waals surface area contributed by atoms with E-state index in [1.54, 1.807) is 0 Å². The Balaban J connectivity index is 0.000000500. The van der Waals surface area contributed by atoms with Gasteiger partial charge < -0.3 is 10.1 Å². The Kier molecular flexibility index (Phi) is 2.55. The van der Waals surface area contributed by atoms with E-state index in [4.69, 9.17) is 4.74 Å². The van der Waals surface area contributed by atoms with Crippen molar-refractivity contribution in [1.82, 2.24) is 5.32 Å². The molecule has 2 saturated heterocycles. The minimum absolute atomic E-state index is 0. The fourth-order valence-electron chi connectivity index (χ4n) is 1.67. The molecule has 0 aliphatic carbocycles. The molecule has 2 heterocycles. The van der Waals surface area contributed by atoms with E-state index >= 15 is 0 Å². The van der Waals surface area contributed by atoms with Crippen LogP contribution >= 0.6 is 12.4 Å². The summed E-state index contributed by atoms with van der Waals surface area (Å²) in [6.07, 6.45) is 3.83. The predicted molar refractivity (Wildman–Crippen MR) is 42.7 cm³/mol. The maximum absolute atomic E-state index is 5.26. The molecule has 2 aliphatic rings. The van der Waals surface area contributed by atoms with Gasteiger partial charge in [0.25, 0.3) is 0 Å². The Bertz CT molecular complexity index is 106. The van der Waals surface area contributed by atoms with E-state index in [0.29, 0.717) is 5.54 Å². The molecular formula is C7H14ClNO. The lowest BCUT2D eigenvalue weighted by Crippen LogP contribution is -2.59. The van der Waals surface area contributed by atoms with E-state index in [2.05, 4.69) is 5.32 Å². The summed E-state index contributed by atoms with van der Waals surface area (Å²) in [5.74, 6) is 0. The molecule has 0 radical (unpaired) electrons. The second kappa shape index (κ2) is 3.07. The molecule has 0 bridgehead atoms. The van der Waals surface area contributed by atoms with Crippen molar-refractivity contribution in [2.24, 2.45) is 0 Å². The fourth-order valence-corrected chi connectivity index (χ4v) is 1.67. The van der Waals surface area contributed by atoms with Gasteiger partial charge in [0, 0.05) is 18.8 Å². The highest BCUT2D eigenvalue weighted by Gasteiger charge is 2.37. The van der Waals surface area contributed by atoms with Gasteiger partial charge >= 0.3 is 0 Å². The normalized spacial score (nSPS) is 28.8. The van der Waals surface area contributed by atoms with Crippen LogP contribution in [-0.2, 0) is 4.74 Å². The Morgan fingerprint density at radius 3 is 2.00 bits per heavy atom. The summed E-state index contributed by atoms with van der Waals surface area (Å²) in [6, 6.07) is 0. The van der Waals surface area contributed by atoms with Crippen molar-refractivity contribution >= 4 is 12.4 Å². The van der Waals surface area contributed by atoms with Crippen molar-refractivity contribution in [3.8, 4) is 0 Å². The summed E-state index contributed by atoms with van der Waals surface area (Å²) in [6.45, 7) is 3.15. The van der Waals surface area contributed by atoms with Crippen molar-refractivity contribution in [1.29, 1.82) is 0 Å². The number of hydrogen-bond acceptors (Lipinski definition) is 2. The predicted octanol–water partition coefficient (Wildman–Crippen LogP) is 0.951. The highest BCUT2D eigenvalue weighted by Crippen LogP contribution is 2.29. The van der Waals surface area contributed by atoms with Gasteiger partial charge in [0.15, 0.2) is 0 Å². The minimum atomic E-state index is 0. The van der Waals surface area contributed by atoms with Crippen LogP contribution < -0.4 is 5.32 Å². The molecule has 2 fully saturated rings. The molecular weight excluding hydrogens is 150 g/mol. The van der Waals surface area contributed by atoms with Crippen LogP contribution in [0.3, 0.4) is 0 Å². The fraction of sp³-hybridized carbons (Fsp3) is 1.00. The highest BCUT2D eigenvalue weighted by molar-refractivity contribution is 5.85. The summed E-state index contributed by atoms with van der Waals surface area (Å²) in [4.78, 5) is 0. The number of halogens is 1. The van der Waals surface area contributed by atoms with Crippen molar-refractivity contribution in [2.75, 3.05) is 19.8 Å². The summed E-state index contributed by atoms with van der Waals surface area (Å²) < 4.78 is 5.26. The molecule has 1 N–H and O–H groups in total. The number of hydrogen-bond donors (Lipinski definition) is 1. The zero-order valence-electron chi connectivity index (χ0n) is 6.06. The number of nitrogens with one attached hydrogen (secondary N) is 1. The number of rotatable bonds is 0. The Morgan fingerprint density at radius 1 is 1.10 bits per heavy atom. The van der Waals surface area contributed by atoms with Gasteiger partial charge in [-0.05, 0) is 25.8 Å². The molecule has 60 valence electrons. The highest BCUT2D eigenvalue weighted by atomic mass is 35.5. The van der Waals surface area contributed by atoms with Gasteiger partial charge in [0.2, 0.25) is 0 Å². The van der Waals surface area contributed by atoms with Crippen LogP contribution in [0.15, 0.2) is 0 Å². The van der Waals surface area contributed by atoms with Crippen LogP contribution in [0.1, 0.15) is 19.3 Å². The summed E-state index contributed by atoms with van der Waals surface area (Å²) in [5.41, 5.74) is 0.526. The molecule has 0 atom stereocenters. The molecule has 2 nitrogen and oxygen atoms in total. The monoisotopic (exact) mass is 163 g/mol. The van der Waals surface area contributed by atoms with Gasteiger partial charge in [-0.25, -0.2) is 0 Å². The van der Waals surface area contributed by atoms with E-state index in [-0.39, 0.29) is 12.4 Å². The summed E-state index contributed by atoms with van der Waals surface area (Å²) in [7, 11) is 0. The third kappa shape index (κ3) is 1.29. The molecule has 3 heteroatoms. The van der Waals surface area contributed by atoms with E-state index in [0.717, 1.165) is 13.2 Å². The summed E-state index contributed by atoms with van der Waals surface area (Å²) in [5, 5.41) is 3.48. The second-order valence-corrected chi connectivity index (χ2v) is 3.07. The van der Waals surface area contributed by atoms with Crippen LogP contribution in [-0.4, -0.2) is 25.3 Å². The van der Waals surface area contributed by atoms with Gasteiger partial charge in [-0.1, -0.05) is 0 Å². The van der Waals surface area contributed by atoms with Crippen LogP contribution in [0.2, 0.25) is 0 Å². The molecule has 0 aromatic heterocycles. The van der Waals surface area contributed by atoms with E-state index < -0.39 is 0 Å². The first-order valence-corrected chi connectivity index (χ1v) is 3.74. The lowest BCUT2D eigenvalue weighted by Gasteiger charge is -2.45. The number of ether oxygens (including phenoxy) is 1. The summed E-state index contributed by atoms with van der Waals surface area (Å²) >= 11 is 0. The van der Waals surface area contributed by atoms with Crippen LogP contribution in [0.5, 0.6) is 0 Å². The van der Waals surface area contributed by atoms with Gasteiger partial charge in [-0.2, -0.15) is 0 Å². The van der Waals surface area contributed by atoms with Gasteiger partial charge in [0.05, 0.1) is 0 Å². The molecule has 0 amide bonds. The molecule has 0 aromatic rings. The molecule has 2 rings (SSSR count). The quantitative estimate of drug-likeness (QED) is 0.574. The van der Waals surface area contributed by atoms with E-state index in [9.17, 15) is 0 Å². The van der Waals surface area contributed by atoms with Crippen molar-refractivity contribution < 1.29 is 4.74 Å². The first-order chi connectivity index (χ1) is 4.41. The smallest absolute Gasteiger partial charge is 0.0483 e. The van der Waals surface area contributed by atoms with E-state index in [1.807, 2.05) is 0 Å². The standard InChI is InChI=1S/C7H13NO.ClH/c1-4-8-7(1)2-5-9-6-3-7;/h8H,1-6H2;1H. The van der Waals surface area contributed by atoms with Crippen molar-refractivity contribution in [3.05, 3.63) is 0 Å². The molecule has 0 aromatic carbocycles. The Labute approximate surface area is 67.7 Å². The molecule has 0 saturated carbocycles. The largest absolute Gasteiger partial charge is 0.381 e. The average molecular weight is 164 g/mol. The third-order valence-electron chi connectivity index (χ3n) is 2.55. The second-order valence-electron chi connectivity index (χ2n) is 3.07. The maximum Gasteiger partial charge on any atom is 0.0483 e. The zero-order chi connectivity index (χ0) is 6.16. The van der Waals surface area contributed by atoms with Crippen LogP contribution in [0.4, 0.5) is 0 Å². The molecule has 10 heavy (non-hydrogen) atoms. The van der Waals surface area contributed by atoms with Gasteiger partial charge in [0.1, 0.15) is 0 Å². The SMILES string of the molecule is C1CC2(CCOCC2)N1.Cl. The third-order valence-corrected chi connectivity index (χ3v) is 2.55. The minimum Gasteiger partial charge on any atom is -0.381 e. The Hall–Kier alpha value is 0.210. The van der Waals surface area contributed by atoms with E-state index in [1.165, 1.54) is 25.8 Å². The van der Waals surface area contributed by atoms with Crippen molar-refractivity contribution in [2.45, 2.75) is 24.8 Å². The van der Waals surface area contributed by atoms with Gasteiger partial charge in [-0.3, -0.25) is 0 Å². The molecule has 1 spiro atoms. The molecule has 0 unspecified atom stereocenters. The molecule has 2 aliphatic heterocycles. The maximum atomic E-state index is 5.26.